The molecule has 166 valence electrons. The fourth-order valence-electron chi connectivity index (χ4n) is 2.89. The molecule has 1 aromatic rings. The average Bonchev–Trinajstić information content (AvgIpc) is 3.12. The number of phosphoric acid groups is 1. The average molecular weight is 419 g/mol. The van der Waals surface area contributed by atoms with Crippen molar-refractivity contribution in [2.24, 2.45) is 0 Å². The molecule has 28 heavy (non-hydrogen) atoms. The van der Waals surface area contributed by atoms with E-state index in [9.17, 15) is 9.46 Å². The molecule has 0 unspecified atom stereocenters. The first-order chi connectivity index (χ1) is 13.5. The summed E-state index contributed by atoms with van der Waals surface area (Å²) in [5.74, 6) is 0. The van der Waals surface area contributed by atoms with Crippen molar-refractivity contribution in [1.82, 2.24) is 4.57 Å². The molecule has 0 saturated carbocycles. The van der Waals surface area contributed by atoms with Crippen molar-refractivity contribution in [3.63, 3.8) is 0 Å². The van der Waals surface area contributed by atoms with Crippen LogP contribution in [0.1, 0.15) is 91.9 Å². The molecule has 0 aliphatic carbocycles. The molecule has 0 bridgehead atoms. The van der Waals surface area contributed by atoms with E-state index < -0.39 is 7.82 Å². The predicted molar refractivity (Wildman–Crippen MR) is 113 cm³/mol. The number of nitrogens with zero attached hydrogens (tertiary/aromatic N) is 2. The van der Waals surface area contributed by atoms with Crippen molar-refractivity contribution >= 4 is 7.82 Å². The molecule has 7 heteroatoms. The second-order valence-corrected chi connectivity index (χ2v) is 8.36. The SMILES string of the molecule is CCCCCCCCCCCCn1cc[n+](CC)c1.CCOP(=O)([O-])OCC. The topological polar surface area (TPSA) is 67.4 Å². The molecule has 0 aliphatic rings. The molecule has 0 fully saturated rings. The summed E-state index contributed by atoms with van der Waals surface area (Å²) in [6.45, 7) is 10.2. The minimum atomic E-state index is -3.94. The van der Waals surface area contributed by atoms with Crippen LogP contribution in [0.4, 0.5) is 0 Å². The third-order valence-electron chi connectivity index (χ3n) is 4.46. The predicted octanol–water partition coefficient (Wildman–Crippen LogP) is 5.24. The van der Waals surface area contributed by atoms with Crippen LogP contribution in [-0.4, -0.2) is 17.8 Å². The molecule has 1 aromatic heterocycles. The number of hydrogen-bond acceptors (Lipinski definition) is 4. The van der Waals surface area contributed by atoms with Gasteiger partial charge in [-0.2, -0.15) is 0 Å². The number of aromatic nitrogens is 2. The van der Waals surface area contributed by atoms with Crippen LogP contribution in [0.2, 0.25) is 0 Å². The Kier molecular flexibility index (Phi) is 17.9. The van der Waals surface area contributed by atoms with E-state index in [0.717, 1.165) is 6.54 Å². The first kappa shape index (κ1) is 27.3. The van der Waals surface area contributed by atoms with Crippen LogP contribution in [-0.2, 0) is 26.7 Å². The molecule has 0 saturated heterocycles. The van der Waals surface area contributed by atoms with Crippen LogP contribution in [0.15, 0.2) is 18.7 Å². The second-order valence-electron chi connectivity index (χ2n) is 6.95. The van der Waals surface area contributed by atoms with E-state index in [1.54, 1.807) is 13.8 Å². The molecule has 1 rings (SSSR count). The van der Waals surface area contributed by atoms with Crippen molar-refractivity contribution in [3.05, 3.63) is 18.7 Å². The summed E-state index contributed by atoms with van der Waals surface area (Å²) < 4.78 is 23.5. The van der Waals surface area contributed by atoms with E-state index >= 15 is 0 Å². The highest BCUT2D eigenvalue weighted by molar-refractivity contribution is 7.45. The maximum Gasteiger partial charge on any atom is 0.267 e. The van der Waals surface area contributed by atoms with Crippen LogP contribution in [0.3, 0.4) is 0 Å². The maximum atomic E-state index is 10.4. The monoisotopic (exact) mass is 418 g/mol. The standard InChI is InChI=1S/C17H33N2.C4H11O4P/c1-3-5-6-7-8-9-10-11-12-13-14-19-16-15-18(4-2)17-19;1-3-7-9(5,6)8-4-2/h15-17H,3-14H2,1-2H3;3-4H2,1-2H3,(H,5,6)/q+1;/p-1. The lowest BCUT2D eigenvalue weighted by Crippen LogP contribution is -2.28. The molecule has 0 radical (unpaired) electrons. The first-order valence-electron chi connectivity index (χ1n) is 11.1. The number of rotatable bonds is 16. The molecular weight excluding hydrogens is 375 g/mol. The Morgan fingerprint density at radius 1 is 0.857 bits per heavy atom. The Morgan fingerprint density at radius 3 is 1.79 bits per heavy atom. The summed E-state index contributed by atoms with van der Waals surface area (Å²) in [4.78, 5) is 10.4. The van der Waals surface area contributed by atoms with Gasteiger partial charge in [0.1, 0.15) is 12.4 Å². The van der Waals surface area contributed by atoms with E-state index in [-0.39, 0.29) is 13.2 Å². The third kappa shape index (κ3) is 16.3. The summed E-state index contributed by atoms with van der Waals surface area (Å²) in [7, 11) is -3.94. The van der Waals surface area contributed by atoms with Gasteiger partial charge in [-0.15, -0.1) is 0 Å². The number of hydrogen-bond donors (Lipinski definition) is 0. The Hall–Kier alpha value is -0.680. The van der Waals surface area contributed by atoms with Gasteiger partial charge in [-0.3, -0.25) is 4.57 Å². The van der Waals surface area contributed by atoms with Crippen molar-refractivity contribution in [1.29, 1.82) is 0 Å². The smallest absolute Gasteiger partial charge is 0.267 e. The van der Waals surface area contributed by atoms with Gasteiger partial charge in [0, 0.05) is 0 Å². The van der Waals surface area contributed by atoms with Crippen LogP contribution in [0, 0.1) is 0 Å². The second kappa shape index (κ2) is 18.4. The lowest BCUT2D eigenvalue weighted by Gasteiger charge is -2.20. The summed E-state index contributed by atoms with van der Waals surface area (Å²) >= 11 is 0. The van der Waals surface area contributed by atoms with Gasteiger partial charge in [0.15, 0.2) is 0 Å². The van der Waals surface area contributed by atoms with E-state index in [4.69, 9.17) is 0 Å². The zero-order chi connectivity index (χ0) is 21.1. The van der Waals surface area contributed by atoms with Gasteiger partial charge in [0.25, 0.3) is 7.82 Å². The zero-order valence-electron chi connectivity index (χ0n) is 18.6. The molecule has 0 aliphatic heterocycles. The van der Waals surface area contributed by atoms with Crippen LogP contribution in [0.5, 0.6) is 0 Å². The number of unbranched alkanes of at least 4 members (excludes halogenated alkanes) is 9. The maximum absolute atomic E-state index is 10.4. The van der Waals surface area contributed by atoms with Crippen LogP contribution in [0.25, 0.3) is 0 Å². The molecule has 6 nitrogen and oxygen atoms in total. The molecule has 0 aromatic carbocycles. The van der Waals surface area contributed by atoms with Gasteiger partial charge < -0.3 is 13.9 Å². The number of phosphoric ester groups is 1. The lowest BCUT2D eigenvalue weighted by atomic mass is 10.1. The van der Waals surface area contributed by atoms with Crippen LogP contribution >= 0.6 is 7.82 Å². The fourth-order valence-corrected chi connectivity index (χ4v) is 3.60. The number of imidazole rings is 1. The summed E-state index contributed by atoms with van der Waals surface area (Å²) in [5, 5.41) is 0. The summed E-state index contributed by atoms with van der Waals surface area (Å²) in [5.41, 5.74) is 0. The van der Waals surface area contributed by atoms with E-state index in [1.807, 2.05) is 0 Å². The fraction of sp³-hybridized carbons (Fsp3) is 0.857. The van der Waals surface area contributed by atoms with Crippen molar-refractivity contribution in [3.8, 4) is 0 Å². The van der Waals surface area contributed by atoms with Gasteiger partial charge in [0.05, 0.1) is 26.3 Å². The van der Waals surface area contributed by atoms with Gasteiger partial charge >= 0.3 is 0 Å². The van der Waals surface area contributed by atoms with Crippen molar-refractivity contribution in [2.45, 2.75) is 105 Å². The normalized spacial score (nSPS) is 11.3. The highest BCUT2D eigenvalue weighted by Crippen LogP contribution is 2.37. The Bertz CT molecular complexity index is 498. The minimum absolute atomic E-state index is 0.126. The minimum Gasteiger partial charge on any atom is -0.756 e. The van der Waals surface area contributed by atoms with Crippen molar-refractivity contribution < 1.29 is 23.1 Å². The molecule has 0 atom stereocenters. The zero-order valence-corrected chi connectivity index (χ0v) is 19.5. The quantitative estimate of drug-likeness (QED) is 0.209. The Labute approximate surface area is 172 Å². The number of aryl methyl sites for hydroxylation is 2. The van der Waals surface area contributed by atoms with E-state index in [0.29, 0.717) is 0 Å². The van der Waals surface area contributed by atoms with Gasteiger partial charge in [-0.25, -0.2) is 9.13 Å². The van der Waals surface area contributed by atoms with Gasteiger partial charge in [-0.1, -0.05) is 58.3 Å². The van der Waals surface area contributed by atoms with Crippen LogP contribution < -0.4 is 9.46 Å². The third-order valence-corrected chi connectivity index (χ3v) is 5.60. The van der Waals surface area contributed by atoms with Gasteiger partial charge in [0.2, 0.25) is 6.33 Å². The highest BCUT2D eigenvalue weighted by Gasteiger charge is 2.04. The van der Waals surface area contributed by atoms with E-state index in [2.05, 4.69) is 50.8 Å². The lowest BCUT2D eigenvalue weighted by molar-refractivity contribution is -0.693. The Balaban J connectivity index is 0.000000684. The molecular formula is C21H43N2O4P. The summed E-state index contributed by atoms with van der Waals surface area (Å²) in [6, 6.07) is 0. The largest absolute Gasteiger partial charge is 0.756 e. The molecule has 0 spiro atoms. The first-order valence-corrected chi connectivity index (χ1v) is 12.6. The highest BCUT2D eigenvalue weighted by atomic mass is 31.2. The molecule has 0 amide bonds. The molecule has 0 N–H and O–H groups in total. The molecule has 1 heterocycles. The van der Waals surface area contributed by atoms with Gasteiger partial charge in [-0.05, 0) is 33.6 Å². The Morgan fingerprint density at radius 2 is 1.36 bits per heavy atom. The van der Waals surface area contributed by atoms with E-state index in [1.165, 1.54) is 70.8 Å². The summed E-state index contributed by atoms with van der Waals surface area (Å²) in [6.07, 6.45) is 20.7. The van der Waals surface area contributed by atoms with Crippen molar-refractivity contribution in [2.75, 3.05) is 13.2 Å².